The molecule has 0 aliphatic carbocycles. The first-order valence-electron chi connectivity index (χ1n) is 4.10. The maximum Gasteiger partial charge on any atom is 0.247 e. The van der Waals surface area contributed by atoms with Crippen molar-refractivity contribution in [2.24, 2.45) is 5.73 Å². The van der Waals surface area contributed by atoms with E-state index in [2.05, 4.69) is 10.2 Å². The molecule has 0 aliphatic rings. The molecular weight excluding hydrogens is 238 g/mol. The van der Waals surface area contributed by atoms with Crippen molar-refractivity contribution >= 4 is 21.7 Å². The van der Waals surface area contributed by atoms with Crippen LogP contribution in [0.5, 0.6) is 0 Å². The normalized spacial score (nSPS) is 13.6. The van der Waals surface area contributed by atoms with Crippen molar-refractivity contribution in [1.82, 2.24) is 14.9 Å². The van der Waals surface area contributed by atoms with Crippen LogP contribution in [0.15, 0.2) is 11.1 Å². The number of amides is 1. The molecule has 0 aromatic carbocycles. The number of aromatic nitrogens is 2. The molecule has 0 saturated heterocycles. The van der Waals surface area contributed by atoms with Gasteiger partial charge in [0.15, 0.2) is 0 Å². The molecule has 1 aromatic heterocycles. The number of H-pyrrole nitrogens is 1. The summed E-state index contributed by atoms with van der Waals surface area (Å²) in [6.45, 7) is -0.526. The zero-order valence-electron chi connectivity index (χ0n) is 8.04. The topological polar surface area (TPSA) is 164 Å². The first-order valence-corrected chi connectivity index (χ1v) is 5.59. The van der Waals surface area contributed by atoms with Gasteiger partial charge in [-0.15, -0.1) is 0 Å². The van der Waals surface area contributed by atoms with E-state index in [1.165, 1.54) is 0 Å². The summed E-state index contributed by atoms with van der Waals surface area (Å²) in [5.74, 6) is -1.16. The van der Waals surface area contributed by atoms with Crippen LogP contribution < -0.4 is 16.2 Å². The highest BCUT2D eigenvalue weighted by atomic mass is 32.2. The molecule has 0 bridgehead atoms. The van der Waals surface area contributed by atoms with Gasteiger partial charge in [0, 0.05) is 6.54 Å². The van der Waals surface area contributed by atoms with Crippen molar-refractivity contribution in [3.05, 3.63) is 6.20 Å². The predicted octanol–water partition coefficient (Wildman–Crippen LogP) is -2.88. The van der Waals surface area contributed by atoms with Gasteiger partial charge in [-0.05, 0) is 0 Å². The largest absolute Gasteiger partial charge is 0.383 e. The maximum absolute atomic E-state index is 11.5. The molecule has 0 aliphatic heterocycles. The Balaban J connectivity index is 2.75. The quantitative estimate of drug-likeness (QED) is 0.376. The van der Waals surface area contributed by atoms with Crippen LogP contribution in [0.3, 0.4) is 0 Å². The lowest BCUT2D eigenvalue weighted by atomic mass is 10.3. The van der Waals surface area contributed by atoms with E-state index >= 15 is 0 Å². The maximum atomic E-state index is 11.5. The van der Waals surface area contributed by atoms with E-state index in [-0.39, 0.29) is 10.7 Å². The molecule has 9 nitrogen and oxygen atoms in total. The van der Waals surface area contributed by atoms with Crippen molar-refractivity contribution in [2.75, 3.05) is 12.3 Å². The predicted molar refractivity (Wildman–Crippen MR) is 53.4 cm³/mol. The summed E-state index contributed by atoms with van der Waals surface area (Å²) in [5, 5.41) is 14.7. The van der Waals surface area contributed by atoms with Gasteiger partial charge in [0.25, 0.3) is 0 Å². The fraction of sp³-hybridized carbons (Fsp3) is 0.333. The molecule has 1 atom stereocenters. The van der Waals surface area contributed by atoms with E-state index in [9.17, 15) is 13.2 Å². The Morgan fingerprint density at radius 3 is 2.75 bits per heavy atom. The third-order valence-electron chi connectivity index (χ3n) is 1.72. The first kappa shape index (κ1) is 12.4. The molecule has 10 heteroatoms. The van der Waals surface area contributed by atoms with E-state index in [1.54, 1.807) is 0 Å². The third-order valence-corrected chi connectivity index (χ3v) is 3.17. The average Bonchev–Trinajstić information content (AvgIpc) is 2.61. The lowest BCUT2D eigenvalue weighted by Crippen LogP contribution is -2.39. The summed E-state index contributed by atoms with van der Waals surface area (Å²) >= 11 is 0. The lowest BCUT2D eigenvalue weighted by Gasteiger charge is -2.08. The van der Waals surface area contributed by atoms with Gasteiger partial charge in [0.1, 0.15) is 16.8 Å². The molecule has 0 saturated carbocycles. The van der Waals surface area contributed by atoms with E-state index in [4.69, 9.17) is 16.6 Å². The van der Waals surface area contributed by atoms with E-state index < -0.39 is 28.6 Å². The molecule has 7 N–H and O–H groups in total. The Morgan fingerprint density at radius 2 is 2.31 bits per heavy atom. The number of aliphatic hydroxyl groups excluding tert-OH is 1. The van der Waals surface area contributed by atoms with Crippen LogP contribution in [0.25, 0.3) is 0 Å². The van der Waals surface area contributed by atoms with E-state index in [0.717, 1.165) is 6.20 Å². The number of nitrogens with two attached hydrogens (primary N) is 2. The van der Waals surface area contributed by atoms with Crippen molar-refractivity contribution in [1.29, 1.82) is 0 Å². The highest BCUT2D eigenvalue weighted by molar-refractivity contribution is 7.89. The number of nitrogen functional groups attached to an aromatic ring is 1. The Kier molecular flexibility index (Phi) is 3.47. The highest BCUT2D eigenvalue weighted by Gasteiger charge is 2.21. The van der Waals surface area contributed by atoms with Crippen molar-refractivity contribution < 1.29 is 18.3 Å². The second kappa shape index (κ2) is 4.47. The Bertz CT molecular complexity index is 481. The Labute approximate surface area is 90.9 Å². The van der Waals surface area contributed by atoms with Crippen LogP contribution in [-0.4, -0.2) is 42.3 Å². The number of anilines is 1. The van der Waals surface area contributed by atoms with Gasteiger partial charge in [0.2, 0.25) is 15.9 Å². The van der Waals surface area contributed by atoms with Gasteiger partial charge in [-0.2, -0.15) is 5.10 Å². The SMILES string of the molecule is NC(=O)C(O)CNS(=O)(=O)c1cn[nH]c1N. The van der Waals surface area contributed by atoms with Crippen molar-refractivity contribution in [3.63, 3.8) is 0 Å². The summed E-state index contributed by atoms with van der Waals surface area (Å²) in [7, 11) is -3.91. The summed E-state index contributed by atoms with van der Waals surface area (Å²) < 4.78 is 25.0. The van der Waals surface area contributed by atoms with Crippen LogP contribution in [0, 0.1) is 0 Å². The number of aliphatic hydroxyl groups is 1. The second-order valence-electron chi connectivity index (χ2n) is 2.92. The van der Waals surface area contributed by atoms with E-state index in [1.807, 2.05) is 4.72 Å². The van der Waals surface area contributed by atoms with Crippen LogP contribution >= 0.6 is 0 Å². The molecule has 1 amide bonds. The van der Waals surface area contributed by atoms with Crippen LogP contribution in [-0.2, 0) is 14.8 Å². The molecular formula is C6H11N5O4S. The summed E-state index contributed by atoms with van der Waals surface area (Å²) in [5.41, 5.74) is 10.0. The van der Waals surface area contributed by atoms with Crippen LogP contribution in [0.4, 0.5) is 5.82 Å². The Morgan fingerprint density at radius 1 is 1.69 bits per heavy atom. The summed E-state index contributed by atoms with van der Waals surface area (Å²) in [6, 6.07) is 0. The molecule has 90 valence electrons. The zero-order chi connectivity index (χ0) is 12.3. The number of nitrogens with zero attached hydrogens (tertiary/aromatic N) is 1. The monoisotopic (exact) mass is 249 g/mol. The first-order chi connectivity index (χ1) is 7.34. The molecule has 0 spiro atoms. The number of primary amides is 1. The molecule has 1 unspecified atom stereocenters. The van der Waals surface area contributed by atoms with Gasteiger partial charge < -0.3 is 16.6 Å². The molecule has 0 radical (unpaired) electrons. The average molecular weight is 249 g/mol. The molecule has 1 aromatic rings. The highest BCUT2D eigenvalue weighted by Crippen LogP contribution is 2.13. The number of nitrogens with one attached hydrogen (secondary N) is 2. The van der Waals surface area contributed by atoms with Gasteiger partial charge in [-0.3, -0.25) is 9.89 Å². The van der Waals surface area contributed by atoms with Crippen LogP contribution in [0.2, 0.25) is 0 Å². The van der Waals surface area contributed by atoms with Crippen molar-refractivity contribution in [3.8, 4) is 0 Å². The van der Waals surface area contributed by atoms with Gasteiger partial charge in [-0.25, -0.2) is 13.1 Å². The van der Waals surface area contributed by atoms with E-state index in [0.29, 0.717) is 0 Å². The van der Waals surface area contributed by atoms with Gasteiger partial charge >= 0.3 is 0 Å². The van der Waals surface area contributed by atoms with Crippen LogP contribution in [0.1, 0.15) is 0 Å². The van der Waals surface area contributed by atoms with Gasteiger partial charge in [-0.1, -0.05) is 0 Å². The third kappa shape index (κ3) is 2.68. The minimum atomic E-state index is -3.91. The minimum absolute atomic E-state index is 0.138. The molecule has 1 rings (SSSR count). The minimum Gasteiger partial charge on any atom is -0.383 e. The summed E-state index contributed by atoms with van der Waals surface area (Å²) in [6.07, 6.45) is -0.586. The standard InChI is InChI=1S/C6H11N5O4S/c7-5-4(2-9-11-5)16(14,15)10-1-3(12)6(8)13/h2-3,10,12H,1H2,(H2,8,13)(H3,7,9,11). The summed E-state index contributed by atoms with van der Waals surface area (Å²) in [4.78, 5) is 10.2. The number of carbonyl (C=O) groups is 1. The number of rotatable bonds is 5. The molecule has 0 fully saturated rings. The lowest BCUT2D eigenvalue weighted by molar-refractivity contribution is -0.125. The smallest absolute Gasteiger partial charge is 0.247 e. The number of aromatic amines is 1. The fourth-order valence-corrected chi connectivity index (χ4v) is 1.93. The second-order valence-corrected chi connectivity index (χ2v) is 4.65. The molecule has 1 heterocycles. The number of carbonyl (C=O) groups excluding carboxylic acids is 1. The molecule has 16 heavy (non-hydrogen) atoms. The number of hydrogen-bond acceptors (Lipinski definition) is 6. The number of sulfonamides is 1. The van der Waals surface area contributed by atoms with Crippen molar-refractivity contribution in [2.45, 2.75) is 11.0 Å². The number of hydrogen-bond donors (Lipinski definition) is 5. The Hall–Kier alpha value is -1.65. The zero-order valence-corrected chi connectivity index (χ0v) is 8.86. The van der Waals surface area contributed by atoms with Gasteiger partial charge in [0.05, 0.1) is 6.20 Å². The fourth-order valence-electron chi connectivity index (χ4n) is 0.866.